The molecule has 20 heavy (non-hydrogen) atoms. The van der Waals surface area contributed by atoms with E-state index in [-0.39, 0.29) is 5.60 Å². The van der Waals surface area contributed by atoms with Gasteiger partial charge in [-0.25, -0.2) is 0 Å². The SMILES string of the molecule is COC(C)(C)Cc1cccc(C(C)N2CCNCC2)c1. The minimum Gasteiger partial charge on any atom is -0.378 e. The Morgan fingerprint density at radius 1 is 1.30 bits per heavy atom. The Morgan fingerprint density at radius 3 is 2.65 bits per heavy atom. The van der Waals surface area contributed by atoms with Gasteiger partial charge < -0.3 is 10.1 Å². The van der Waals surface area contributed by atoms with Crippen molar-refractivity contribution in [2.45, 2.75) is 38.8 Å². The van der Waals surface area contributed by atoms with E-state index in [0.717, 1.165) is 32.6 Å². The molecule has 1 aromatic carbocycles. The van der Waals surface area contributed by atoms with Gasteiger partial charge >= 0.3 is 0 Å². The molecule has 0 aromatic heterocycles. The summed E-state index contributed by atoms with van der Waals surface area (Å²) >= 11 is 0. The van der Waals surface area contributed by atoms with Crippen LogP contribution < -0.4 is 5.32 Å². The van der Waals surface area contributed by atoms with Crippen molar-refractivity contribution >= 4 is 0 Å². The van der Waals surface area contributed by atoms with Crippen LogP contribution >= 0.6 is 0 Å². The summed E-state index contributed by atoms with van der Waals surface area (Å²) in [7, 11) is 1.78. The molecule has 1 fully saturated rings. The molecule has 1 unspecified atom stereocenters. The number of hydrogen-bond donors (Lipinski definition) is 1. The quantitative estimate of drug-likeness (QED) is 0.895. The van der Waals surface area contributed by atoms with Gasteiger partial charge in [-0.1, -0.05) is 24.3 Å². The molecule has 1 saturated heterocycles. The van der Waals surface area contributed by atoms with Gasteiger partial charge in [0.25, 0.3) is 0 Å². The molecule has 3 nitrogen and oxygen atoms in total. The molecule has 1 heterocycles. The number of piperazine rings is 1. The van der Waals surface area contributed by atoms with Gasteiger partial charge in [-0.15, -0.1) is 0 Å². The molecule has 1 aliphatic rings. The Hall–Kier alpha value is -0.900. The molecule has 3 heteroatoms. The van der Waals surface area contributed by atoms with Crippen molar-refractivity contribution in [1.82, 2.24) is 10.2 Å². The van der Waals surface area contributed by atoms with Crippen molar-refractivity contribution in [1.29, 1.82) is 0 Å². The molecule has 112 valence electrons. The first-order valence-electron chi connectivity index (χ1n) is 7.60. The predicted octanol–water partition coefficient (Wildman–Crippen LogP) is 2.62. The number of benzene rings is 1. The van der Waals surface area contributed by atoms with E-state index in [1.807, 2.05) is 0 Å². The fourth-order valence-electron chi connectivity index (χ4n) is 2.81. The standard InChI is InChI=1S/C17H28N2O/c1-14(19-10-8-18-9-11-19)16-7-5-6-15(12-16)13-17(2,3)20-4/h5-7,12,14,18H,8-11,13H2,1-4H3. The van der Waals surface area contributed by atoms with Gasteiger partial charge in [0.1, 0.15) is 0 Å². The van der Waals surface area contributed by atoms with Crippen LogP contribution in [0.3, 0.4) is 0 Å². The third-order valence-electron chi connectivity index (χ3n) is 4.32. The maximum Gasteiger partial charge on any atom is 0.0662 e. The molecule has 0 amide bonds. The molecule has 1 aromatic rings. The lowest BCUT2D eigenvalue weighted by Gasteiger charge is -2.33. The molecule has 0 aliphatic carbocycles. The average Bonchev–Trinajstić information content (AvgIpc) is 2.47. The highest BCUT2D eigenvalue weighted by Gasteiger charge is 2.20. The van der Waals surface area contributed by atoms with Crippen molar-refractivity contribution in [2.75, 3.05) is 33.3 Å². The molecular formula is C17H28N2O. The third kappa shape index (κ3) is 4.05. The smallest absolute Gasteiger partial charge is 0.0662 e. The maximum absolute atomic E-state index is 5.54. The van der Waals surface area contributed by atoms with Crippen molar-refractivity contribution < 1.29 is 4.74 Å². The van der Waals surface area contributed by atoms with Crippen LogP contribution in [0.15, 0.2) is 24.3 Å². The molecule has 1 atom stereocenters. The highest BCUT2D eigenvalue weighted by Crippen LogP contribution is 2.23. The van der Waals surface area contributed by atoms with Crippen LogP contribution in [0.1, 0.15) is 37.9 Å². The molecule has 0 bridgehead atoms. The van der Waals surface area contributed by atoms with Gasteiger partial charge in [-0.3, -0.25) is 4.90 Å². The highest BCUT2D eigenvalue weighted by atomic mass is 16.5. The Bertz CT molecular complexity index is 425. The van der Waals surface area contributed by atoms with Crippen LogP contribution in [0.4, 0.5) is 0 Å². The normalized spacial score (nSPS) is 19.0. The number of methoxy groups -OCH3 is 1. The van der Waals surface area contributed by atoms with E-state index in [4.69, 9.17) is 4.74 Å². The number of ether oxygens (including phenoxy) is 1. The van der Waals surface area contributed by atoms with Crippen LogP contribution in [0.25, 0.3) is 0 Å². The molecule has 0 saturated carbocycles. The van der Waals surface area contributed by atoms with E-state index in [0.29, 0.717) is 6.04 Å². The second-order valence-corrected chi connectivity index (χ2v) is 6.35. The lowest BCUT2D eigenvalue weighted by Crippen LogP contribution is -2.44. The fraction of sp³-hybridized carbons (Fsp3) is 0.647. The van der Waals surface area contributed by atoms with E-state index in [1.54, 1.807) is 7.11 Å². The second-order valence-electron chi connectivity index (χ2n) is 6.35. The molecule has 0 radical (unpaired) electrons. The number of hydrogen-bond acceptors (Lipinski definition) is 3. The second kappa shape index (κ2) is 6.70. The van der Waals surface area contributed by atoms with E-state index < -0.39 is 0 Å². The topological polar surface area (TPSA) is 24.5 Å². The van der Waals surface area contributed by atoms with Crippen LogP contribution in [0.2, 0.25) is 0 Å². The van der Waals surface area contributed by atoms with Gasteiger partial charge in [0.05, 0.1) is 5.60 Å². The monoisotopic (exact) mass is 276 g/mol. The predicted molar refractivity (Wildman–Crippen MR) is 84.1 cm³/mol. The highest BCUT2D eigenvalue weighted by molar-refractivity contribution is 5.27. The van der Waals surface area contributed by atoms with Crippen LogP contribution in [-0.4, -0.2) is 43.8 Å². The first kappa shape index (κ1) is 15.5. The summed E-state index contributed by atoms with van der Waals surface area (Å²) in [6, 6.07) is 9.45. The summed E-state index contributed by atoms with van der Waals surface area (Å²) < 4.78 is 5.54. The van der Waals surface area contributed by atoms with Crippen molar-refractivity contribution in [3.05, 3.63) is 35.4 Å². The number of rotatable bonds is 5. The molecular weight excluding hydrogens is 248 g/mol. The first-order chi connectivity index (χ1) is 9.52. The minimum absolute atomic E-state index is 0.100. The van der Waals surface area contributed by atoms with Crippen molar-refractivity contribution in [2.24, 2.45) is 0 Å². The minimum atomic E-state index is -0.100. The van der Waals surface area contributed by atoms with Crippen molar-refractivity contribution in [3.63, 3.8) is 0 Å². The zero-order valence-corrected chi connectivity index (χ0v) is 13.3. The zero-order valence-electron chi connectivity index (χ0n) is 13.3. The molecule has 1 N–H and O–H groups in total. The van der Waals surface area contributed by atoms with Crippen LogP contribution in [-0.2, 0) is 11.2 Å². The van der Waals surface area contributed by atoms with Gasteiger partial charge in [-0.05, 0) is 31.9 Å². The Balaban J connectivity index is 2.08. The molecule has 2 rings (SSSR count). The summed E-state index contributed by atoms with van der Waals surface area (Å²) in [5, 5.41) is 3.41. The Labute approximate surface area is 123 Å². The number of nitrogens with zero attached hydrogens (tertiary/aromatic N) is 1. The Morgan fingerprint density at radius 2 is 2.00 bits per heavy atom. The van der Waals surface area contributed by atoms with Crippen LogP contribution in [0, 0.1) is 0 Å². The summed E-state index contributed by atoms with van der Waals surface area (Å²) in [5.74, 6) is 0. The first-order valence-corrected chi connectivity index (χ1v) is 7.60. The number of nitrogens with one attached hydrogen (secondary N) is 1. The lowest BCUT2D eigenvalue weighted by molar-refractivity contribution is 0.0232. The largest absolute Gasteiger partial charge is 0.378 e. The van der Waals surface area contributed by atoms with Gasteiger partial charge in [0, 0.05) is 45.8 Å². The van der Waals surface area contributed by atoms with Gasteiger partial charge in [0.15, 0.2) is 0 Å². The van der Waals surface area contributed by atoms with Gasteiger partial charge in [-0.2, -0.15) is 0 Å². The maximum atomic E-state index is 5.54. The summed E-state index contributed by atoms with van der Waals surface area (Å²) in [4.78, 5) is 2.55. The third-order valence-corrected chi connectivity index (χ3v) is 4.32. The van der Waals surface area contributed by atoms with E-state index in [2.05, 4.69) is 55.3 Å². The summed E-state index contributed by atoms with van der Waals surface area (Å²) in [6.07, 6.45) is 0.950. The van der Waals surface area contributed by atoms with E-state index in [1.165, 1.54) is 11.1 Å². The van der Waals surface area contributed by atoms with Gasteiger partial charge in [0.2, 0.25) is 0 Å². The molecule has 0 spiro atoms. The van der Waals surface area contributed by atoms with Crippen LogP contribution in [0.5, 0.6) is 0 Å². The Kier molecular flexibility index (Phi) is 5.19. The van der Waals surface area contributed by atoms with E-state index in [9.17, 15) is 0 Å². The molecule has 1 aliphatic heterocycles. The fourth-order valence-corrected chi connectivity index (χ4v) is 2.81. The summed E-state index contributed by atoms with van der Waals surface area (Å²) in [6.45, 7) is 11.1. The van der Waals surface area contributed by atoms with Crippen molar-refractivity contribution in [3.8, 4) is 0 Å². The lowest BCUT2D eigenvalue weighted by atomic mass is 9.95. The van der Waals surface area contributed by atoms with E-state index >= 15 is 0 Å². The zero-order chi connectivity index (χ0) is 14.6. The average molecular weight is 276 g/mol. The summed E-state index contributed by atoms with van der Waals surface area (Å²) in [5.41, 5.74) is 2.67.